The molecule has 1 heterocycles. The lowest BCUT2D eigenvalue weighted by Crippen LogP contribution is -2.28. The molecule has 1 rings (SSSR count). The molecule has 0 aromatic rings. The minimum atomic E-state index is -0.237. The van der Waals surface area contributed by atoms with Gasteiger partial charge in [0.15, 0.2) is 0 Å². The van der Waals surface area contributed by atoms with Crippen LogP contribution in [0.2, 0.25) is 0 Å². The second-order valence-electron chi connectivity index (χ2n) is 5.60. The second-order valence-corrected chi connectivity index (χ2v) is 5.60. The number of carbonyl (C=O) groups excluding carboxylic acids is 1. The van der Waals surface area contributed by atoms with E-state index < -0.39 is 0 Å². The van der Waals surface area contributed by atoms with Crippen molar-refractivity contribution in [3.05, 3.63) is 71.8 Å². The summed E-state index contributed by atoms with van der Waals surface area (Å²) in [6.45, 7) is 5.74. The summed E-state index contributed by atoms with van der Waals surface area (Å²) in [6.07, 6.45) is 12.1. The molecule has 134 valence electrons. The van der Waals surface area contributed by atoms with Crippen LogP contribution in [0.3, 0.4) is 0 Å². The standard InChI is InChI=1S/C20H25FN2O2/c1-5-16(10-7-13-21)9-6-11-17-12-8-14-23(4)20(25)15(2)19(24)18(17)22-3/h5,7-8,10-13,24H,1,6,9,14H2,2-4H3/b12-8+,13-7+,16-10+,17-11-,19-15-,22-18?. The average molecular weight is 344 g/mol. The van der Waals surface area contributed by atoms with E-state index in [4.69, 9.17) is 0 Å². The van der Waals surface area contributed by atoms with Crippen LogP contribution in [-0.4, -0.2) is 42.3 Å². The Morgan fingerprint density at radius 1 is 1.52 bits per heavy atom. The van der Waals surface area contributed by atoms with Crippen molar-refractivity contribution >= 4 is 11.6 Å². The molecule has 0 aromatic heterocycles. The number of carbonyl (C=O) groups is 1. The van der Waals surface area contributed by atoms with Crippen LogP contribution in [0.1, 0.15) is 19.8 Å². The van der Waals surface area contributed by atoms with Crippen molar-refractivity contribution in [2.75, 3.05) is 20.6 Å². The fourth-order valence-electron chi connectivity index (χ4n) is 2.41. The highest BCUT2D eigenvalue weighted by atomic mass is 19.1. The van der Waals surface area contributed by atoms with Gasteiger partial charge in [0.25, 0.3) is 5.91 Å². The molecule has 0 bridgehead atoms. The van der Waals surface area contributed by atoms with Gasteiger partial charge in [0.1, 0.15) is 11.5 Å². The quantitative estimate of drug-likeness (QED) is 0.759. The number of nitrogens with zero attached hydrogens (tertiary/aromatic N) is 2. The highest BCUT2D eigenvalue weighted by molar-refractivity contribution is 6.16. The number of aliphatic imine (C=N–C) groups is 1. The van der Waals surface area contributed by atoms with Gasteiger partial charge in [-0.2, -0.15) is 0 Å². The van der Waals surface area contributed by atoms with E-state index in [1.165, 1.54) is 11.0 Å². The normalized spacial score (nSPS) is 24.6. The Balaban J connectivity index is 3.14. The van der Waals surface area contributed by atoms with Gasteiger partial charge in [-0.3, -0.25) is 9.79 Å². The van der Waals surface area contributed by atoms with Gasteiger partial charge in [-0.15, -0.1) is 0 Å². The van der Waals surface area contributed by atoms with E-state index in [1.807, 2.05) is 18.2 Å². The zero-order valence-electron chi connectivity index (χ0n) is 15.0. The lowest BCUT2D eigenvalue weighted by molar-refractivity contribution is -0.125. The van der Waals surface area contributed by atoms with Gasteiger partial charge in [0, 0.05) is 20.6 Å². The van der Waals surface area contributed by atoms with E-state index in [0.29, 0.717) is 31.4 Å². The molecule has 0 fully saturated rings. The fraction of sp³-hybridized carbons (Fsp3) is 0.300. The molecule has 0 unspecified atom stereocenters. The van der Waals surface area contributed by atoms with Crippen LogP contribution >= 0.6 is 0 Å². The van der Waals surface area contributed by atoms with Crippen LogP contribution in [0.15, 0.2) is 76.8 Å². The van der Waals surface area contributed by atoms with Crippen molar-refractivity contribution in [1.82, 2.24) is 4.90 Å². The van der Waals surface area contributed by atoms with Crippen molar-refractivity contribution in [1.29, 1.82) is 0 Å². The summed E-state index contributed by atoms with van der Waals surface area (Å²) < 4.78 is 12.1. The molecule has 1 N–H and O–H groups in total. The van der Waals surface area contributed by atoms with E-state index >= 15 is 0 Å². The monoisotopic (exact) mass is 344 g/mol. The molecule has 4 nitrogen and oxygen atoms in total. The van der Waals surface area contributed by atoms with Gasteiger partial charge in [-0.25, -0.2) is 4.39 Å². The van der Waals surface area contributed by atoms with Crippen LogP contribution in [0.25, 0.3) is 0 Å². The number of halogens is 1. The van der Waals surface area contributed by atoms with Crippen molar-refractivity contribution in [3.8, 4) is 0 Å². The van der Waals surface area contributed by atoms with Crippen LogP contribution in [0, 0.1) is 0 Å². The number of amides is 1. The third-order valence-corrected chi connectivity index (χ3v) is 3.86. The molecule has 0 spiro atoms. The van der Waals surface area contributed by atoms with Gasteiger partial charge in [-0.1, -0.05) is 37.0 Å². The number of aliphatic hydroxyl groups is 1. The second kappa shape index (κ2) is 10.2. The van der Waals surface area contributed by atoms with Gasteiger partial charge < -0.3 is 10.0 Å². The molecule has 5 heteroatoms. The highest BCUT2D eigenvalue weighted by Gasteiger charge is 2.20. The number of hydrogen-bond donors (Lipinski definition) is 1. The molecule has 0 radical (unpaired) electrons. The van der Waals surface area contributed by atoms with Gasteiger partial charge >= 0.3 is 0 Å². The fourth-order valence-corrected chi connectivity index (χ4v) is 2.41. The first-order chi connectivity index (χ1) is 12.0. The first kappa shape index (κ1) is 20.4. The Bertz CT molecular complexity index is 694. The summed E-state index contributed by atoms with van der Waals surface area (Å²) in [5.74, 6) is -0.351. The van der Waals surface area contributed by atoms with Crippen LogP contribution in [0.4, 0.5) is 4.39 Å². The Morgan fingerprint density at radius 3 is 2.84 bits per heavy atom. The number of hydrogen-bond acceptors (Lipinski definition) is 3. The maximum atomic E-state index is 12.2. The molecule has 25 heavy (non-hydrogen) atoms. The third-order valence-electron chi connectivity index (χ3n) is 3.86. The summed E-state index contributed by atoms with van der Waals surface area (Å²) in [5.41, 5.74) is 2.29. The Labute approximate surface area is 148 Å². The van der Waals surface area contributed by atoms with Crippen molar-refractivity contribution in [2.24, 2.45) is 4.99 Å². The predicted octanol–water partition coefficient (Wildman–Crippen LogP) is 4.22. The van der Waals surface area contributed by atoms with E-state index in [9.17, 15) is 14.3 Å². The minimum Gasteiger partial charge on any atom is -0.505 e. The Hall–Kier alpha value is -2.69. The van der Waals surface area contributed by atoms with E-state index in [0.717, 1.165) is 11.1 Å². The summed E-state index contributed by atoms with van der Waals surface area (Å²) >= 11 is 0. The molecule has 0 saturated carbocycles. The van der Waals surface area contributed by atoms with Gasteiger partial charge in [0.2, 0.25) is 0 Å². The minimum absolute atomic E-state index is 0.114. The zero-order valence-corrected chi connectivity index (χ0v) is 15.0. The van der Waals surface area contributed by atoms with Crippen LogP contribution in [-0.2, 0) is 4.79 Å². The van der Waals surface area contributed by atoms with E-state index in [-0.39, 0.29) is 17.2 Å². The molecule has 0 aromatic carbocycles. The molecular formula is C20H25FN2O2. The van der Waals surface area contributed by atoms with Crippen LogP contribution < -0.4 is 0 Å². The van der Waals surface area contributed by atoms with E-state index in [1.54, 1.807) is 33.2 Å². The average Bonchev–Trinajstić information content (AvgIpc) is 2.65. The molecular weight excluding hydrogens is 319 g/mol. The maximum absolute atomic E-state index is 12.2. The molecule has 1 aliphatic rings. The van der Waals surface area contributed by atoms with Crippen molar-refractivity contribution in [3.63, 3.8) is 0 Å². The Kier molecular flexibility index (Phi) is 8.33. The summed E-state index contributed by atoms with van der Waals surface area (Å²) in [5, 5.41) is 10.4. The number of rotatable bonds is 5. The molecule has 0 atom stereocenters. The van der Waals surface area contributed by atoms with Crippen LogP contribution in [0.5, 0.6) is 0 Å². The first-order valence-electron chi connectivity index (χ1n) is 8.04. The molecule has 0 saturated heterocycles. The molecule has 1 amide bonds. The summed E-state index contributed by atoms with van der Waals surface area (Å²) in [4.78, 5) is 17.9. The third kappa shape index (κ3) is 5.71. The zero-order chi connectivity index (χ0) is 18.8. The first-order valence-corrected chi connectivity index (χ1v) is 8.04. The van der Waals surface area contributed by atoms with Crippen molar-refractivity contribution in [2.45, 2.75) is 19.8 Å². The molecule has 0 aliphatic carbocycles. The topological polar surface area (TPSA) is 52.9 Å². The van der Waals surface area contributed by atoms with Crippen molar-refractivity contribution < 1.29 is 14.3 Å². The summed E-state index contributed by atoms with van der Waals surface area (Å²) in [6, 6.07) is 0. The maximum Gasteiger partial charge on any atom is 0.253 e. The predicted molar refractivity (Wildman–Crippen MR) is 101 cm³/mol. The summed E-state index contributed by atoms with van der Waals surface area (Å²) in [7, 11) is 3.26. The number of allylic oxidation sites excluding steroid dienone is 7. The Morgan fingerprint density at radius 2 is 2.24 bits per heavy atom. The van der Waals surface area contributed by atoms with Gasteiger partial charge in [-0.05, 0) is 37.0 Å². The highest BCUT2D eigenvalue weighted by Crippen LogP contribution is 2.18. The number of likely N-dealkylation sites (N-methyl/N-ethyl adjacent to an activating group) is 1. The largest absolute Gasteiger partial charge is 0.505 e. The van der Waals surface area contributed by atoms with Gasteiger partial charge in [0.05, 0.1) is 11.9 Å². The van der Waals surface area contributed by atoms with E-state index in [2.05, 4.69) is 11.6 Å². The lowest BCUT2D eigenvalue weighted by atomic mass is 10.0. The number of aliphatic hydroxyl groups excluding tert-OH is 1. The lowest BCUT2D eigenvalue weighted by Gasteiger charge is -2.15. The smallest absolute Gasteiger partial charge is 0.253 e. The SMILES string of the molecule is C=C/C(=C\C=C\F)CC/C=C1/C=C/CN(C)C(=O)/C(C)=C(\O)C1=NC. The molecule has 1 aliphatic heterocycles.